The summed E-state index contributed by atoms with van der Waals surface area (Å²) in [5.74, 6) is -0.853. The maximum absolute atomic E-state index is 12.8. The summed E-state index contributed by atoms with van der Waals surface area (Å²) in [6.07, 6.45) is 3.22. The Morgan fingerprint density at radius 2 is 1.78 bits per heavy atom. The molecule has 0 aliphatic heterocycles. The third kappa shape index (κ3) is 4.16. The molecule has 0 aliphatic rings. The smallest absolute Gasteiger partial charge is 0.251 e. The molecule has 0 bridgehead atoms. The summed E-state index contributed by atoms with van der Waals surface area (Å²) < 4.78 is 1.18. The van der Waals surface area contributed by atoms with Gasteiger partial charge in [-0.15, -0.1) is 0 Å². The predicted molar refractivity (Wildman–Crippen MR) is 88.4 cm³/mol. The number of hydrogen-bond donors (Lipinski definition) is 1. The van der Waals surface area contributed by atoms with E-state index in [4.69, 9.17) is 0 Å². The summed E-state index contributed by atoms with van der Waals surface area (Å²) in [6, 6.07) is 11.9. The molecular weight excluding hydrogens is 292 g/mol. The van der Waals surface area contributed by atoms with E-state index in [9.17, 15) is 14.4 Å². The van der Waals surface area contributed by atoms with Crippen molar-refractivity contribution in [3.05, 3.63) is 70.6 Å². The van der Waals surface area contributed by atoms with E-state index in [1.54, 1.807) is 42.5 Å². The van der Waals surface area contributed by atoms with E-state index in [1.165, 1.54) is 16.8 Å². The molecule has 0 fully saturated rings. The number of Topliss-reactive ketones (excluding diaryl/α,β-unsaturated/α-hetero) is 1. The van der Waals surface area contributed by atoms with Gasteiger partial charge in [0.15, 0.2) is 11.8 Å². The molecule has 1 amide bonds. The Kier molecular flexibility index (Phi) is 5.86. The van der Waals surface area contributed by atoms with E-state index in [1.807, 2.05) is 6.92 Å². The monoisotopic (exact) mass is 312 g/mol. The quantitative estimate of drug-likeness (QED) is 0.484. The van der Waals surface area contributed by atoms with Crippen LogP contribution >= 0.6 is 0 Å². The molecule has 0 unspecified atom stereocenters. The predicted octanol–water partition coefficient (Wildman–Crippen LogP) is 2.19. The van der Waals surface area contributed by atoms with Crippen LogP contribution in [0.2, 0.25) is 0 Å². The van der Waals surface area contributed by atoms with Gasteiger partial charge in [0.05, 0.1) is 0 Å². The fourth-order valence-electron chi connectivity index (χ4n) is 2.27. The highest BCUT2D eigenvalue weighted by atomic mass is 16.2. The first-order valence-corrected chi connectivity index (χ1v) is 7.69. The second-order valence-electron chi connectivity index (χ2n) is 5.22. The van der Waals surface area contributed by atoms with Gasteiger partial charge in [0.1, 0.15) is 0 Å². The first-order valence-electron chi connectivity index (χ1n) is 7.69. The molecule has 1 aromatic heterocycles. The van der Waals surface area contributed by atoms with Crippen LogP contribution in [0.25, 0.3) is 0 Å². The van der Waals surface area contributed by atoms with E-state index < -0.39 is 17.7 Å². The van der Waals surface area contributed by atoms with Gasteiger partial charge in [-0.1, -0.05) is 49.7 Å². The second-order valence-corrected chi connectivity index (χ2v) is 5.22. The van der Waals surface area contributed by atoms with Crippen molar-refractivity contribution < 1.29 is 9.59 Å². The standard InChI is InChI=1S/C18H20N2O3/c1-2-3-12-19-18(23)16(20-13-8-7-11-15(20)21)17(22)14-9-5-4-6-10-14/h4-11,13,16H,2-3,12H2,1H3,(H,19,23)/t16-/m1/s1. The number of amides is 1. The van der Waals surface area contributed by atoms with Crippen LogP contribution in [0.4, 0.5) is 0 Å². The average molecular weight is 312 g/mol. The third-order valence-electron chi connectivity index (χ3n) is 3.51. The van der Waals surface area contributed by atoms with Gasteiger partial charge in [-0.3, -0.25) is 19.0 Å². The average Bonchev–Trinajstić information content (AvgIpc) is 2.58. The number of nitrogens with one attached hydrogen (secondary N) is 1. The van der Waals surface area contributed by atoms with Crippen LogP contribution in [-0.4, -0.2) is 22.8 Å². The van der Waals surface area contributed by atoms with Crippen molar-refractivity contribution in [2.75, 3.05) is 6.54 Å². The minimum atomic E-state index is -1.19. The number of carbonyl (C=O) groups is 2. The van der Waals surface area contributed by atoms with Gasteiger partial charge in [0.2, 0.25) is 0 Å². The zero-order valence-corrected chi connectivity index (χ0v) is 13.1. The summed E-state index contributed by atoms with van der Waals surface area (Å²) >= 11 is 0. The number of pyridine rings is 1. The largest absolute Gasteiger partial charge is 0.354 e. The van der Waals surface area contributed by atoms with Gasteiger partial charge in [-0.05, 0) is 12.5 Å². The van der Waals surface area contributed by atoms with Gasteiger partial charge in [0, 0.05) is 24.4 Å². The molecule has 0 saturated carbocycles. The van der Waals surface area contributed by atoms with Crippen molar-refractivity contribution in [2.45, 2.75) is 25.8 Å². The van der Waals surface area contributed by atoms with Gasteiger partial charge < -0.3 is 5.32 Å². The van der Waals surface area contributed by atoms with E-state index >= 15 is 0 Å². The van der Waals surface area contributed by atoms with Crippen LogP contribution in [0.3, 0.4) is 0 Å². The fraction of sp³-hybridized carbons (Fsp3) is 0.278. The van der Waals surface area contributed by atoms with E-state index in [2.05, 4.69) is 5.32 Å². The highest BCUT2D eigenvalue weighted by Gasteiger charge is 2.29. The van der Waals surface area contributed by atoms with Crippen molar-refractivity contribution in [1.82, 2.24) is 9.88 Å². The van der Waals surface area contributed by atoms with E-state index in [0.717, 1.165) is 12.8 Å². The molecule has 0 aliphatic carbocycles. The van der Waals surface area contributed by atoms with E-state index in [-0.39, 0.29) is 5.56 Å². The van der Waals surface area contributed by atoms with Crippen LogP contribution in [-0.2, 0) is 4.79 Å². The number of benzene rings is 1. The Labute approximate surface area is 135 Å². The van der Waals surface area contributed by atoms with Gasteiger partial charge in [0.25, 0.3) is 11.5 Å². The lowest BCUT2D eigenvalue weighted by atomic mass is 10.0. The van der Waals surface area contributed by atoms with Gasteiger partial charge in [-0.2, -0.15) is 0 Å². The molecule has 1 N–H and O–H groups in total. The maximum atomic E-state index is 12.8. The molecule has 5 nitrogen and oxygen atoms in total. The summed E-state index contributed by atoms with van der Waals surface area (Å²) in [7, 11) is 0. The Hall–Kier alpha value is -2.69. The zero-order chi connectivity index (χ0) is 16.7. The molecule has 0 spiro atoms. The molecule has 23 heavy (non-hydrogen) atoms. The Bertz CT molecular complexity index is 722. The highest BCUT2D eigenvalue weighted by Crippen LogP contribution is 2.13. The molecule has 0 radical (unpaired) electrons. The van der Waals surface area contributed by atoms with Crippen LogP contribution in [0.5, 0.6) is 0 Å². The number of ketones is 1. The second kappa shape index (κ2) is 8.08. The molecule has 5 heteroatoms. The minimum absolute atomic E-state index is 0.382. The first kappa shape index (κ1) is 16.7. The van der Waals surface area contributed by atoms with Gasteiger partial charge in [-0.25, -0.2) is 0 Å². The lowest BCUT2D eigenvalue weighted by Crippen LogP contribution is -2.41. The van der Waals surface area contributed by atoms with Crippen LogP contribution in [0, 0.1) is 0 Å². The normalized spacial score (nSPS) is 11.7. The molecule has 120 valence electrons. The number of rotatable bonds is 7. The summed E-state index contributed by atoms with van der Waals surface area (Å²) in [5, 5.41) is 2.74. The Morgan fingerprint density at radius 3 is 2.43 bits per heavy atom. The number of carbonyl (C=O) groups excluding carboxylic acids is 2. The maximum Gasteiger partial charge on any atom is 0.251 e. The third-order valence-corrected chi connectivity index (χ3v) is 3.51. The van der Waals surface area contributed by atoms with Gasteiger partial charge >= 0.3 is 0 Å². The lowest BCUT2D eigenvalue weighted by molar-refractivity contribution is -0.123. The fourth-order valence-corrected chi connectivity index (χ4v) is 2.27. The number of unbranched alkanes of at least 4 members (excludes halogenated alkanes) is 1. The Balaban J connectivity index is 2.36. The minimum Gasteiger partial charge on any atom is -0.354 e. The molecule has 1 aromatic carbocycles. The van der Waals surface area contributed by atoms with E-state index in [0.29, 0.717) is 12.1 Å². The molecule has 1 atom stereocenters. The zero-order valence-electron chi connectivity index (χ0n) is 13.1. The summed E-state index contributed by atoms with van der Waals surface area (Å²) in [6.45, 7) is 2.50. The molecule has 2 aromatic rings. The number of hydrogen-bond acceptors (Lipinski definition) is 3. The molecule has 1 heterocycles. The Morgan fingerprint density at radius 1 is 1.09 bits per heavy atom. The topological polar surface area (TPSA) is 68.2 Å². The molecular formula is C18H20N2O3. The van der Waals surface area contributed by atoms with Crippen LogP contribution in [0.1, 0.15) is 36.2 Å². The highest BCUT2D eigenvalue weighted by molar-refractivity contribution is 6.11. The molecule has 2 rings (SSSR count). The van der Waals surface area contributed by atoms with Crippen LogP contribution in [0.15, 0.2) is 59.5 Å². The van der Waals surface area contributed by atoms with Crippen molar-refractivity contribution in [3.63, 3.8) is 0 Å². The van der Waals surface area contributed by atoms with Crippen molar-refractivity contribution in [3.8, 4) is 0 Å². The number of aromatic nitrogens is 1. The first-order chi connectivity index (χ1) is 11.1. The lowest BCUT2D eigenvalue weighted by Gasteiger charge is -2.18. The van der Waals surface area contributed by atoms with Crippen molar-refractivity contribution in [2.24, 2.45) is 0 Å². The number of nitrogens with zero attached hydrogens (tertiary/aromatic N) is 1. The van der Waals surface area contributed by atoms with Crippen molar-refractivity contribution >= 4 is 11.7 Å². The molecule has 0 saturated heterocycles. The summed E-state index contributed by atoms with van der Waals surface area (Å²) in [5.41, 5.74) is 0.0197. The van der Waals surface area contributed by atoms with Crippen molar-refractivity contribution in [1.29, 1.82) is 0 Å². The summed E-state index contributed by atoms with van der Waals surface area (Å²) in [4.78, 5) is 37.3. The van der Waals surface area contributed by atoms with Crippen LogP contribution < -0.4 is 10.9 Å². The SMILES string of the molecule is CCCCNC(=O)[C@@H](C(=O)c1ccccc1)n1ccccc1=O.